The Morgan fingerprint density at radius 3 is 2.50 bits per heavy atom. The van der Waals surface area contributed by atoms with E-state index in [-0.39, 0.29) is 81.2 Å². The highest BCUT2D eigenvalue weighted by Gasteiger charge is 2.45. The number of fused-ring (bicyclic) bond motifs is 6. The number of carbonyl (C=O) groups excluding carboxylic acids is 5. The minimum absolute atomic E-state index is 0.0107. The smallest absolute Gasteiger partial charge is 0.343 e. The number of aliphatic hydroxyl groups is 1. The van der Waals surface area contributed by atoms with Crippen LogP contribution in [-0.2, 0) is 58.7 Å². The lowest BCUT2D eigenvalue weighted by atomic mass is 9.86. The molecule has 4 amide bonds. The van der Waals surface area contributed by atoms with Crippen molar-refractivity contribution >= 4 is 58.8 Å². The number of nitrogens with one attached hydrogen (secondary N) is 5. The zero-order valence-electron chi connectivity index (χ0n) is 44.6. The molecule has 8 rings (SSSR count). The normalized spacial score (nSPS) is 16.0. The number of ether oxygens (including phenoxy) is 4. The lowest BCUT2D eigenvalue weighted by Crippen LogP contribution is -2.56. The maximum atomic E-state index is 13.9. The first kappa shape index (κ1) is 56.8. The largest absolute Gasteiger partial charge is 0.458 e. The van der Waals surface area contributed by atoms with Crippen LogP contribution in [0.4, 0.5) is 0 Å². The van der Waals surface area contributed by atoms with E-state index in [1.807, 2.05) is 32.2 Å². The third-order valence-electron chi connectivity index (χ3n) is 14.3. The fourth-order valence-corrected chi connectivity index (χ4v) is 9.87. The van der Waals surface area contributed by atoms with Crippen LogP contribution in [0, 0.1) is 10.7 Å². The van der Waals surface area contributed by atoms with E-state index in [2.05, 4.69) is 60.3 Å². The molecule has 6 N–H and O–H groups in total. The molecule has 0 radical (unpaired) electrons. The maximum Gasteiger partial charge on any atom is 0.343 e. The number of cyclic esters (lactones) is 1. The first-order chi connectivity index (χ1) is 37.6. The number of aromatic amines is 1. The van der Waals surface area contributed by atoms with Gasteiger partial charge in [0.25, 0.3) is 5.56 Å². The summed E-state index contributed by atoms with van der Waals surface area (Å²) < 4.78 is 26.0. The van der Waals surface area contributed by atoms with E-state index in [1.165, 1.54) is 0 Å². The molecule has 78 heavy (non-hydrogen) atoms. The number of nitrogens with zero attached hydrogens (tertiary/aromatic N) is 7. The Bertz CT molecular complexity index is 3170. The van der Waals surface area contributed by atoms with Gasteiger partial charge in [0.2, 0.25) is 30.4 Å². The molecule has 3 aliphatic heterocycles. The van der Waals surface area contributed by atoms with Crippen LogP contribution in [0.3, 0.4) is 0 Å². The van der Waals surface area contributed by atoms with Crippen molar-refractivity contribution in [3.63, 3.8) is 0 Å². The van der Waals surface area contributed by atoms with E-state index in [1.54, 1.807) is 46.8 Å². The zero-order valence-corrected chi connectivity index (χ0v) is 45.5. The molecule has 7 heterocycles. The van der Waals surface area contributed by atoms with Gasteiger partial charge in [-0.3, -0.25) is 28.7 Å². The molecule has 0 fully saturated rings. The zero-order chi connectivity index (χ0) is 55.5. The molecule has 3 aliphatic rings. The van der Waals surface area contributed by atoms with Gasteiger partial charge in [-0.15, -0.1) is 5.10 Å². The second kappa shape index (κ2) is 25.8. The molecule has 0 unspecified atom stereocenters. The number of esters is 1. The van der Waals surface area contributed by atoms with E-state index in [4.69, 9.17) is 36.1 Å². The molecule has 3 atom stereocenters. The lowest BCUT2D eigenvalue weighted by molar-refractivity contribution is -0.172. The number of hydrogen-bond acceptors (Lipinski definition) is 17. The molecule has 0 spiro atoms. The van der Waals surface area contributed by atoms with Crippen LogP contribution in [0.25, 0.3) is 39.6 Å². The van der Waals surface area contributed by atoms with Crippen LogP contribution in [0.5, 0.6) is 11.5 Å². The molecule has 0 saturated heterocycles. The number of unbranched alkanes of at least 4 members (excludes halogenated alkanes) is 3. The van der Waals surface area contributed by atoms with Crippen molar-refractivity contribution in [2.45, 2.75) is 123 Å². The standard InChI is InChI=1S/C54H68N12O11S/c1-6-54(73)38-22-42-48-36(27-66(42)51(71)37(38)29-75-52(54)72)34(35-21-43-44(77-31-76-43)23-40(35)59-48)15-14-20-74-30-58-46(68)26-55-49(69)39(16-11-13-18-64(7-2)8-3)60-50(70)47(32(4)5)61-45(67)17-10-9-12-19-65-28-41(62-63-65)33-24-56-53(78)57-25-33/h14-15,21-25,28,32,39,47,73H,6-13,16-20,26-27,29-31H2,1-5H3,(H,55,69)(H,58,68)(H,60,70)(H,61,67)(H,56,57,78)/b15-14+/t39-,47-,54-/m0/s1. The van der Waals surface area contributed by atoms with Crippen molar-refractivity contribution in [3.8, 4) is 34.1 Å². The van der Waals surface area contributed by atoms with Crippen LogP contribution in [0.2, 0.25) is 0 Å². The predicted octanol–water partition coefficient (Wildman–Crippen LogP) is 4.14. The summed E-state index contributed by atoms with van der Waals surface area (Å²) in [5.74, 6) is -1.86. The van der Waals surface area contributed by atoms with E-state index in [9.17, 15) is 33.9 Å². The van der Waals surface area contributed by atoms with Crippen LogP contribution in [-0.4, -0.2) is 133 Å². The fourth-order valence-electron chi connectivity index (χ4n) is 9.76. The molecule has 416 valence electrons. The summed E-state index contributed by atoms with van der Waals surface area (Å²) in [7, 11) is 0. The van der Waals surface area contributed by atoms with Gasteiger partial charge in [0.1, 0.15) is 31.1 Å². The molecule has 0 bridgehead atoms. The Balaban J connectivity index is 0.834. The second-order valence-electron chi connectivity index (χ2n) is 19.8. The highest BCUT2D eigenvalue weighted by Crippen LogP contribution is 2.43. The SMILES string of the molecule is CCN(CC)CCCC[C@H](NC(=O)[C@@H](NC(=O)CCCCCn1cc(-c2cnc(=S)[nH]c2)nn1)C(C)C)C(=O)NCC(=O)NCOC/C=C/c1c2c(nc3cc4c(cc13)OCO4)-c1cc3c(c(=O)n1C2)COC(=O)[C@]3(O)CC. The quantitative estimate of drug-likeness (QED) is 0.0183. The van der Waals surface area contributed by atoms with Gasteiger partial charge in [0.05, 0.1) is 48.4 Å². The third-order valence-corrected chi connectivity index (χ3v) is 14.6. The first-order valence-corrected chi connectivity index (χ1v) is 27.0. The summed E-state index contributed by atoms with van der Waals surface area (Å²) in [6, 6.07) is 3.38. The highest BCUT2D eigenvalue weighted by atomic mass is 32.1. The van der Waals surface area contributed by atoms with Crippen LogP contribution in [0.15, 0.2) is 47.7 Å². The van der Waals surface area contributed by atoms with Crippen molar-refractivity contribution in [1.29, 1.82) is 0 Å². The average Bonchev–Trinajstić information content (AvgIpc) is 4.21. The number of amides is 4. The first-order valence-electron chi connectivity index (χ1n) is 26.6. The van der Waals surface area contributed by atoms with Gasteiger partial charge in [0.15, 0.2) is 21.9 Å². The molecule has 5 aromatic rings. The maximum absolute atomic E-state index is 13.9. The number of benzene rings is 1. The number of H-pyrrole nitrogens is 1. The summed E-state index contributed by atoms with van der Waals surface area (Å²) in [6.45, 7) is 12.1. The number of aromatic nitrogens is 7. The third kappa shape index (κ3) is 13.1. The fraction of sp³-hybridized carbons (Fsp3) is 0.500. The monoisotopic (exact) mass is 1090 g/mol. The lowest BCUT2D eigenvalue weighted by Gasteiger charge is -2.31. The summed E-state index contributed by atoms with van der Waals surface area (Å²) >= 11 is 5.01. The van der Waals surface area contributed by atoms with Crippen molar-refractivity contribution < 1.29 is 48.0 Å². The van der Waals surface area contributed by atoms with Gasteiger partial charge >= 0.3 is 5.97 Å². The Hall–Kier alpha value is -7.41. The van der Waals surface area contributed by atoms with Crippen molar-refractivity contribution in [3.05, 3.63) is 80.2 Å². The van der Waals surface area contributed by atoms with E-state index < -0.39 is 41.4 Å². The summed E-state index contributed by atoms with van der Waals surface area (Å²) in [4.78, 5) is 94.6. The molecular weight excluding hydrogens is 1020 g/mol. The van der Waals surface area contributed by atoms with Gasteiger partial charge in [-0.05, 0) is 94.0 Å². The Morgan fingerprint density at radius 2 is 1.76 bits per heavy atom. The van der Waals surface area contributed by atoms with Crippen LogP contribution in [0.1, 0.15) is 108 Å². The minimum atomic E-state index is -1.98. The second-order valence-corrected chi connectivity index (χ2v) is 20.2. The van der Waals surface area contributed by atoms with Crippen molar-refractivity contribution in [1.82, 2.24) is 60.7 Å². The highest BCUT2D eigenvalue weighted by molar-refractivity contribution is 7.71. The predicted molar refractivity (Wildman–Crippen MR) is 289 cm³/mol. The van der Waals surface area contributed by atoms with E-state index >= 15 is 0 Å². The van der Waals surface area contributed by atoms with Gasteiger partial charge in [-0.2, -0.15) is 0 Å². The van der Waals surface area contributed by atoms with E-state index in [0.29, 0.717) is 64.7 Å². The molecule has 24 heteroatoms. The Kier molecular flexibility index (Phi) is 18.8. The number of pyridine rings is 2. The van der Waals surface area contributed by atoms with E-state index in [0.717, 1.165) is 61.0 Å². The number of hydrogen-bond donors (Lipinski definition) is 6. The van der Waals surface area contributed by atoms with Crippen molar-refractivity contribution in [2.75, 3.05) is 46.3 Å². The van der Waals surface area contributed by atoms with Crippen LogP contribution >= 0.6 is 12.2 Å². The van der Waals surface area contributed by atoms with Gasteiger partial charge < -0.3 is 59.8 Å². The molecule has 0 aliphatic carbocycles. The molecule has 4 aromatic heterocycles. The average molecular weight is 1090 g/mol. The van der Waals surface area contributed by atoms with Gasteiger partial charge in [-0.1, -0.05) is 58.4 Å². The Labute approximate surface area is 455 Å². The number of rotatable bonds is 27. The van der Waals surface area contributed by atoms with Crippen LogP contribution < -0.4 is 36.3 Å². The number of carbonyl (C=O) groups is 5. The molecule has 0 saturated carbocycles. The minimum Gasteiger partial charge on any atom is -0.458 e. The summed E-state index contributed by atoms with van der Waals surface area (Å²) in [5, 5.41) is 31.5. The van der Waals surface area contributed by atoms with Gasteiger partial charge in [0, 0.05) is 53.5 Å². The molecular formula is C54H68N12O11S. The van der Waals surface area contributed by atoms with Gasteiger partial charge in [-0.25, -0.2) is 14.8 Å². The van der Waals surface area contributed by atoms with Crippen molar-refractivity contribution in [2.24, 2.45) is 5.92 Å². The summed E-state index contributed by atoms with van der Waals surface area (Å²) in [5.41, 5.74) is 2.46. The summed E-state index contributed by atoms with van der Waals surface area (Å²) in [6.07, 6.45) is 12.8. The topological polar surface area (TPSA) is 288 Å². The number of aryl methyl sites for hydroxylation is 1. The Morgan fingerprint density at radius 1 is 0.962 bits per heavy atom. The molecule has 23 nitrogen and oxygen atoms in total. The molecule has 1 aromatic carbocycles.